The van der Waals surface area contributed by atoms with Gasteiger partial charge >= 0.3 is 12.0 Å². The van der Waals surface area contributed by atoms with Crippen molar-refractivity contribution in [1.29, 1.82) is 0 Å². The molecule has 1 heterocycles. The van der Waals surface area contributed by atoms with Gasteiger partial charge in [-0.25, -0.2) is 9.59 Å². The van der Waals surface area contributed by atoms with Crippen LogP contribution in [-0.2, 0) is 9.59 Å². The number of carbonyl (C=O) groups excluding carboxylic acids is 2. The molecule has 2 unspecified atom stereocenters. The molecule has 1 aliphatic heterocycles. The Morgan fingerprint density at radius 3 is 2.38 bits per heavy atom. The fraction of sp³-hybridized carbons (Fsp3) is 0.769. The lowest BCUT2D eigenvalue weighted by Gasteiger charge is -2.33. The Labute approximate surface area is 122 Å². The minimum Gasteiger partial charge on any atom is -0.480 e. The number of amides is 3. The zero-order valence-electron chi connectivity index (χ0n) is 11.8. The van der Waals surface area contributed by atoms with Crippen LogP contribution < -0.4 is 5.73 Å². The standard InChI is InChI=1S/C13H21N3O5/c14-11(18)7-15(8-3-1-2-4-8)13(21)16-6-9(17)5-10(16)12(19)20/h8-10,17H,1-7H2,(H2,14,18)(H,19,20). The van der Waals surface area contributed by atoms with Gasteiger partial charge in [-0.15, -0.1) is 0 Å². The molecule has 8 nitrogen and oxygen atoms in total. The van der Waals surface area contributed by atoms with E-state index in [4.69, 9.17) is 10.8 Å². The van der Waals surface area contributed by atoms with Crippen LogP contribution in [0.15, 0.2) is 0 Å². The number of nitrogens with two attached hydrogens (primary N) is 1. The molecule has 8 heteroatoms. The van der Waals surface area contributed by atoms with Crippen LogP contribution in [0.3, 0.4) is 0 Å². The molecule has 0 aromatic carbocycles. The second kappa shape index (κ2) is 6.30. The number of nitrogens with zero attached hydrogens (tertiary/aromatic N) is 2. The van der Waals surface area contributed by atoms with Gasteiger partial charge in [-0.3, -0.25) is 4.79 Å². The van der Waals surface area contributed by atoms with Gasteiger partial charge in [-0.1, -0.05) is 12.8 Å². The van der Waals surface area contributed by atoms with Gasteiger partial charge in [0.1, 0.15) is 12.6 Å². The zero-order valence-corrected chi connectivity index (χ0v) is 11.8. The first-order chi connectivity index (χ1) is 9.90. The number of urea groups is 1. The van der Waals surface area contributed by atoms with Crippen LogP contribution >= 0.6 is 0 Å². The topological polar surface area (TPSA) is 124 Å². The molecule has 2 aliphatic rings. The number of hydrogen-bond acceptors (Lipinski definition) is 4. The van der Waals surface area contributed by atoms with Crippen LogP contribution in [0.4, 0.5) is 4.79 Å². The van der Waals surface area contributed by atoms with Crippen molar-refractivity contribution in [2.75, 3.05) is 13.1 Å². The minimum atomic E-state index is -1.15. The number of carboxylic acid groups (broad SMARTS) is 1. The molecule has 0 bridgehead atoms. The van der Waals surface area contributed by atoms with Crippen LogP contribution in [0.2, 0.25) is 0 Å². The monoisotopic (exact) mass is 299 g/mol. The molecular weight excluding hydrogens is 278 g/mol. The zero-order chi connectivity index (χ0) is 15.6. The van der Waals surface area contributed by atoms with Crippen LogP contribution in [0.25, 0.3) is 0 Å². The van der Waals surface area contributed by atoms with Gasteiger partial charge in [0.05, 0.1) is 6.10 Å². The number of likely N-dealkylation sites (tertiary alicyclic amines) is 1. The fourth-order valence-electron chi connectivity index (χ4n) is 3.16. The van der Waals surface area contributed by atoms with Crippen molar-refractivity contribution in [3.63, 3.8) is 0 Å². The SMILES string of the molecule is NC(=O)CN(C(=O)N1CC(O)CC1C(=O)O)C1CCCC1. The predicted octanol–water partition coefficient (Wildman–Crippen LogP) is -0.644. The lowest BCUT2D eigenvalue weighted by atomic mass is 10.2. The van der Waals surface area contributed by atoms with Gasteiger partial charge in [-0.2, -0.15) is 0 Å². The Balaban J connectivity index is 2.16. The summed E-state index contributed by atoms with van der Waals surface area (Å²) in [6.45, 7) is -0.250. The molecule has 1 saturated carbocycles. The summed E-state index contributed by atoms with van der Waals surface area (Å²) in [5, 5.41) is 18.8. The van der Waals surface area contributed by atoms with Gasteiger partial charge in [0, 0.05) is 19.0 Å². The second-order valence-electron chi connectivity index (χ2n) is 5.71. The number of carboxylic acids is 1. The molecule has 2 atom stereocenters. The molecule has 2 fully saturated rings. The Morgan fingerprint density at radius 1 is 1.24 bits per heavy atom. The average molecular weight is 299 g/mol. The summed E-state index contributed by atoms with van der Waals surface area (Å²) in [6.07, 6.45) is 2.67. The number of aliphatic hydroxyl groups excluding tert-OH is 1. The van der Waals surface area contributed by atoms with Crippen molar-refractivity contribution in [3.05, 3.63) is 0 Å². The van der Waals surface area contributed by atoms with Gasteiger partial charge in [0.2, 0.25) is 5.91 Å². The first kappa shape index (κ1) is 15.6. The van der Waals surface area contributed by atoms with Crippen molar-refractivity contribution >= 4 is 17.9 Å². The van der Waals surface area contributed by atoms with E-state index in [-0.39, 0.29) is 25.6 Å². The van der Waals surface area contributed by atoms with E-state index in [0.29, 0.717) is 0 Å². The Bertz CT molecular complexity index is 436. The van der Waals surface area contributed by atoms with E-state index >= 15 is 0 Å². The highest BCUT2D eigenvalue weighted by Gasteiger charge is 2.42. The van der Waals surface area contributed by atoms with Crippen molar-refractivity contribution in [1.82, 2.24) is 9.80 Å². The number of hydrogen-bond donors (Lipinski definition) is 3. The lowest BCUT2D eigenvalue weighted by Crippen LogP contribution is -2.53. The largest absolute Gasteiger partial charge is 0.480 e. The Morgan fingerprint density at radius 2 is 1.86 bits per heavy atom. The molecule has 0 spiro atoms. The lowest BCUT2D eigenvalue weighted by molar-refractivity contribution is -0.141. The molecule has 118 valence electrons. The number of β-amino-alcohol motifs (C(OH)–C–C–N with tert-alkyl or cyclic N) is 1. The van der Waals surface area contributed by atoms with E-state index in [1.165, 1.54) is 4.90 Å². The van der Waals surface area contributed by atoms with Crippen molar-refractivity contribution in [3.8, 4) is 0 Å². The van der Waals surface area contributed by atoms with Gasteiger partial charge < -0.3 is 25.7 Å². The third kappa shape index (κ3) is 3.44. The molecule has 4 N–H and O–H groups in total. The third-order valence-electron chi connectivity index (χ3n) is 4.15. The number of rotatable bonds is 4. The van der Waals surface area contributed by atoms with Crippen LogP contribution in [0, 0.1) is 0 Å². The molecular formula is C13H21N3O5. The Kier molecular flexibility index (Phi) is 4.66. The quantitative estimate of drug-likeness (QED) is 0.636. The maximum atomic E-state index is 12.6. The van der Waals surface area contributed by atoms with E-state index in [0.717, 1.165) is 30.6 Å². The van der Waals surface area contributed by atoms with Crippen molar-refractivity contribution < 1.29 is 24.6 Å². The van der Waals surface area contributed by atoms with Crippen molar-refractivity contribution in [2.45, 2.75) is 50.3 Å². The van der Waals surface area contributed by atoms with E-state index < -0.39 is 30.1 Å². The number of aliphatic carboxylic acids is 1. The number of primary amides is 1. The highest BCUT2D eigenvalue weighted by atomic mass is 16.4. The summed E-state index contributed by atoms with van der Waals surface area (Å²) < 4.78 is 0. The molecule has 0 aromatic rings. The first-order valence-electron chi connectivity index (χ1n) is 7.16. The van der Waals surface area contributed by atoms with Crippen LogP contribution in [0.1, 0.15) is 32.1 Å². The summed E-state index contributed by atoms with van der Waals surface area (Å²) in [6, 6.07) is -1.66. The van der Waals surface area contributed by atoms with Gasteiger partial charge in [0.15, 0.2) is 0 Å². The van der Waals surface area contributed by atoms with Gasteiger partial charge in [0.25, 0.3) is 0 Å². The highest BCUT2D eigenvalue weighted by molar-refractivity contribution is 5.87. The molecule has 3 amide bonds. The van der Waals surface area contributed by atoms with E-state index in [1.54, 1.807) is 0 Å². The van der Waals surface area contributed by atoms with Crippen LogP contribution in [-0.4, -0.2) is 69.2 Å². The maximum absolute atomic E-state index is 12.6. The van der Waals surface area contributed by atoms with E-state index in [9.17, 15) is 19.5 Å². The molecule has 0 radical (unpaired) electrons. The summed E-state index contributed by atoms with van der Waals surface area (Å²) >= 11 is 0. The number of aliphatic hydroxyl groups is 1. The van der Waals surface area contributed by atoms with Gasteiger partial charge in [-0.05, 0) is 12.8 Å². The fourth-order valence-corrected chi connectivity index (χ4v) is 3.16. The first-order valence-corrected chi connectivity index (χ1v) is 7.16. The third-order valence-corrected chi connectivity index (χ3v) is 4.15. The summed E-state index contributed by atoms with van der Waals surface area (Å²) in [5.41, 5.74) is 5.20. The molecule has 21 heavy (non-hydrogen) atoms. The predicted molar refractivity (Wildman–Crippen MR) is 72.3 cm³/mol. The molecule has 0 aromatic heterocycles. The second-order valence-corrected chi connectivity index (χ2v) is 5.71. The van der Waals surface area contributed by atoms with E-state index in [1.807, 2.05) is 0 Å². The summed E-state index contributed by atoms with van der Waals surface area (Å²) in [5.74, 6) is -1.77. The summed E-state index contributed by atoms with van der Waals surface area (Å²) in [7, 11) is 0. The maximum Gasteiger partial charge on any atom is 0.326 e. The molecule has 2 rings (SSSR count). The normalized spacial score (nSPS) is 26.0. The smallest absolute Gasteiger partial charge is 0.326 e. The Hall–Kier alpha value is -1.83. The minimum absolute atomic E-state index is 0.0101. The molecule has 1 saturated heterocycles. The highest BCUT2D eigenvalue weighted by Crippen LogP contribution is 2.27. The average Bonchev–Trinajstić information content (AvgIpc) is 3.03. The van der Waals surface area contributed by atoms with Crippen molar-refractivity contribution in [2.24, 2.45) is 5.73 Å². The molecule has 1 aliphatic carbocycles. The summed E-state index contributed by atoms with van der Waals surface area (Å²) in [4.78, 5) is 37.5. The van der Waals surface area contributed by atoms with E-state index in [2.05, 4.69) is 0 Å². The van der Waals surface area contributed by atoms with Crippen LogP contribution in [0.5, 0.6) is 0 Å². The number of carbonyl (C=O) groups is 3.